The van der Waals surface area contributed by atoms with Crippen molar-refractivity contribution in [2.24, 2.45) is 17.8 Å². The summed E-state index contributed by atoms with van der Waals surface area (Å²) in [5.41, 5.74) is 1.76. The van der Waals surface area contributed by atoms with Gasteiger partial charge in [0.25, 0.3) is 5.91 Å². The number of hydrogen-bond donors (Lipinski definition) is 2. The number of likely N-dealkylation sites (tertiary alicyclic amines) is 1. The zero-order chi connectivity index (χ0) is 34.3. The number of cyclic esters (lactones) is 1. The monoisotopic (exact) mass is 655 g/mol. The first-order chi connectivity index (χ1) is 23.0. The van der Waals surface area contributed by atoms with Crippen LogP contribution in [0, 0.1) is 31.6 Å². The normalized spacial score (nSPS) is 32.0. The second-order valence-electron chi connectivity index (χ2n) is 13.8. The number of anilines is 1. The van der Waals surface area contributed by atoms with E-state index in [1.807, 2.05) is 82.3 Å². The number of allylic oxidation sites excluding steroid dienone is 1. The molecular formula is C38H45N3O7. The molecule has 4 heterocycles. The summed E-state index contributed by atoms with van der Waals surface area (Å²) in [4.78, 5) is 60.3. The molecule has 1 spiro atoms. The summed E-state index contributed by atoms with van der Waals surface area (Å²) >= 11 is 0. The van der Waals surface area contributed by atoms with Crippen LogP contribution >= 0.6 is 0 Å². The molecule has 48 heavy (non-hydrogen) atoms. The summed E-state index contributed by atoms with van der Waals surface area (Å²) < 4.78 is 13.1. The molecule has 8 atom stereocenters. The molecule has 6 rings (SSSR count). The van der Waals surface area contributed by atoms with E-state index in [9.17, 15) is 24.3 Å². The Kier molecular flexibility index (Phi) is 9.33. The van der Waals surface area contributed by atoms with Crippen molar-refractivity contribution >= 4 is 29.4 Å². The molecule has 0 bridgehead atoms. The van der Waals surface area contributed by atoms with E-state index in [-0.39, 0.29) is 37.3 Å². The van der Waals surface area contributed by atoms with Gasteiger partial charge in [-0.3, -0.25) is 19.2 Å². The summed E-state index contributed by atoms with van der Waals surface area (Å²) in [6.07, 6.45) is 6.02. The number of ether oxygens (including phenoxy) is 2. The summed E-state index contributed by atoms with van der Waals surface area (Å²) in [7, 11) is 0. The smallest absolute Gasteiger partial charge is 0.313 e. The molecule has 2 aromatic rings. The van der Waals surface area contributed by atoms with Gasteiger partial charge in [-0.1, -0.05) is 86.7 Å². The van der Waals surface area contributed by atoms with E-state index in [1.54, 1.807) is 30.1 Å². The number of aliphatic hydroxyl groups excluding tert-OH is 1. The molecule has 2 fully saturated rings. The van der Waals surface area contributed by atoms with Crippen LogP contribution in [0.1, 0.15) is 56.4 Å². The Morgan fingerprint density at radius 1 is 0.979 bits per heavy atom. The molecule has 10 heteroatoms. The maximum Gasteiger partial charge on any atom is 0.313 e. The number of nitrogens with zero attached hydrogens (tertiary/aromatic N) is 2. The molecule has 2 N–H and O–H groups in total. The molecule has 2 aromatic carbocycles. The van der Waals surface area contributed by atoms with Crippen LogP contribution in [-0.2, 0) is 28.7 Å². The molecular weight excluding hydrogens is 610 g/mol. The van der Waals surface area contributed by atoms with Crippen LogP contribution in [0.15, 0.2) is 72.8 Å². The Bertz CT molecular complexity index is 1620. The lowest BCUT2D eigenvalue weighted by Crippen LogP contribution is -2.59. The predicted octanol–water partition coefficient (Wildman–Crippen LogP) is 3.94. The van der Waals surface area contributed by atoms with Gasteiger partial charge >= 0.3 is 5.97 Å². The van der Waals surface area contributed by atoms with E-state index < -0.39 is 59.6 Å². The first kappa shape index (κ1) is 33.6. The number of para-hydroxylation sites is 1. The number of hydrogen-bond acceptors (Lipinski definition) is 7. The standard InChI is InChI=1S/C38H45N3O7/c1-22(2)27(21-42)41-34-36(45)40(32-23(3)13-11-14-24(32)4)20-12-19-38(34)31(35(41)44)30-28(48-38)17-9-10-18-29(43)39-25(5)33(47-37(30)46)26-15-7-6-8-16-26/h6-9,11-17,19,22,25,27-28,30-31,33-34,42H,10,18,20-21H2,1-5H3,(H,39,43)/b17-9-/t25-,27+,28-,30+,31+,33+,34-,38+/m1/s1. The third-order valence-electron chi connectivity index (χ3n) is 10.3. The molecule has 0 aliphatic carbocycles. The topological polar surface area (TPSA) is 125 Å². The fourth-order valence-corrected chi connectivity index (χ4v) is 8.05. The summed E-state index contributed by atoms with van der Waals surface area (Å²) in [6.45, 7) is 9.34. The Hall–Kier alpha value is -4.28. The highest BCUT2D eigenvalue weighted by molar-refractivity contribution is 6.06. The highest BCUT2D eigenvalue weighted by atomic mass is 16.6. The minimum atomic E-state index is -1.51. The number of aliphatic hydroxyl groups is 1. The van der Waals surface area contributed by atoms with Gasteiger partial charge in [0.15, 0.2) is 0 Å². The van der Waals surface area contributed by atoms with E-state index in [4.69, 9.17) is 9.47 Å². The van der Waals surface area contributed by atoms with Gasteiger partial charge in [0.2, 0.25) is 11.8 Å². The molecule has 0 saturated carbocycles. The van der Waals surface area contributed by atoms with E-state index >= 15 is 0 Å². The summed E-state index contributed by atoms with van der Waals surface area (Å²) in [5.74, 6) is -4.00. The first-order valence-corrected chi connectivity index (χ1v) is 16.9. The number of carbonyl (C=O) groups is 4. The molecule has 2 saturated heterocycles. The zero-order valence-electron chi connectivity index (χ0n) is 28.2. The van der Waals surface area contributed by atoms with Crippen molar-refractivity contribution < 1.29 is 33.8 Å². The minimum Gasteiger partial charge on any atom is -0.455 e. The molecule has 4 aliphatic heterocycles. The number of carbonyl (C=O) groups excluding carboxylic acids is 4. The lowest BCUT2D eigenvalue weighted by atomic mass is 9.77. The van der Waals surface area contributed by atoms with Gasteiger partial charge < -0.3 is 29.7 Å². The van der Waals surface area contributed by atoms with Crippen LogP contribution in [-0.4, -0.2) is 76.7 Å². The highest BCUT2D eigenvalue weighted by Gasteiger charge is 2.72. The Morgan fingerprint density at radius 3 is 2.35 bits per heavy atom. The predicted molar refractivity (Wildman–Crippen MR) is 180 cm³/mol. The SMILES string of the molecule is Cc1cccc(C)c1N1CC=C[C@]23O[C@@H]4/C=C\CCC(=O)N[C@H](C)[C@@H](c5ccccc5)OC(=O)[C@@H]4[C@H]2C(=O)N([C@@H](CO)C(C)C)[C@@H]3C1=O. The Balaban J connectivity index is 1.49. The van der Waals surface area contributed by atoms with Crippen LogP contribution in [0.3, 0.4) is 0 Å². The van der Waals surface area contributed by atoms with Crippen molar-refractivity contribution in [1.29, 1.82) is 0 Å². The van der Waals surface area contributed by atoms with E-state index in [0.717, 1.165) is 16.8 Å². The Labute approximate surface area is 281 Å². The largest absolute Gasteiger partial charge is 0.455 e. The number of esters is 1. The number of amides is 3. The fraction of sp³-hybridized carbons (Fsp3) is 0.474. The van der Waals surface area contributed by atoms with Crippen LogP contribution < -0.4 is 10.2 Å². The van der Waals surface area contributed by atoms with Gasteiger partial charge in [-0.05, 0) is 49.8 Å². The quantitative estimate of drug-likeness (QED) is 0.369. The van der Waals surface area contributed by atoms with Crippen molar-refractivity contribution in [1.82, 2.24) is 10.2 Å². The van der Waals surface area contributed by atoms with E-state index in [0.29, 0.717) is 12.0 Å². The molecule has 0 radical (unpaired) electrons. The molecule has 4 aliphatic rings. The zero-order valence-corrected chi connectivity index (χ0v) is 28.2. The third kappa shape index (κ3) is 5.64. The summed E-state index contributed by atoms with van der Waals surface area (Å²) in [6, 6.07) is 12.6. The Morgan fingerprint density at radius 2 is 1.69 bits per heavy atom. The van der Waals surface area contributed by atoms with Crippen LogP contribution in [0.5, 0.6) is 0 Å². The van der Waals surface area contributed by atoms with Crippen LogP contribution in [0.2, 0.25) is 0 Å². The fourth-order valence-electron chi connectivity index (χ4n) is 8.05. The van der Waals surface area contributed by atoms with Crippen molar-refractivity contribution in [2.45, 2.75) is 83.4 Å². The molecule has 254 valence electrons. The average molecular weight is 656 g/mol. The van der Waals surface area contributed by atoms with Crippen molar-refractivity contribution in [2.75, 3.05) is 18.1 Å². The van der Waals surface area contributed by atoms with Gasteiger partial charge in [-0.2, -0.15) is 0 Å². The van der Waals surface area contributed by atoms with Gasteiger partial charge in [-0.25, -0.2) is 0 Å². The highest BCUT2D eigenvalue weighted by Crippen LogP contribution is 2.54. The average Bonchev–Trinajstić information content (AvgIpc) is 3.43. The second-order valence-corrected chi connectivity index (χ2v) is 13.8. The maximum absolute atomic E-state index is 15.0. The van der Waals surface area contributed by atoms with Crippen LogP contribution in [0.4, 0.5) is 5.69 Å². The number of rotatable bonds is 5. The number of nitrogens with one attached hydrogen (secondary N) is 1. The second kappa shape index (κ2) is 13.3. The number of fused-ring (bicyclic) bond motifs is 2. The first-order valence-electron chi connectivity index (χ1n) is 16.9. The van der Waals surface area contributed by atoms with Crippen molar-refractivity contribution in [3.05, 3.63) is 89.5 Å². The van der Waals surface area contributed by atoms with Crippen molar-refractivity contribution in [3.8, 4) is 0 Å². The molecule has 0 aromatic heterocycles. The number of aryl methyl sites for hydroxylation is 2. The van der Waals surface area contributed by atoms with Gasteiger partial charge in [0.05, 0.1) is 30.7 Å². The van der Waals surface area contributed by atoms with E-state index in [1.165, 1.54) is 4.90 Å². The third-order valence-corrected chi connectivity index (χ3v) is 10.3. The number of benzene rings is 2. The molecule has 0 unspecified atom stereocenters. The molecule has 3 amide bonds. The van der Waals surface area contributed by atoms with Crippen molar-refractivity contribution in [3.63, 3.8) is 0 Å². The van der Waals surface area contributed by atoms with E-state index in [2.05, 4.69) is 5.32 Å². The van der Waals surface area contributed by atoms with Gasteiger partial charge in [-0.15, -0.1) is 0 Å². The lowest BCUT2D eigenvalue weighted by molar-refractivity contribution is -0.162. The van der Waals surface area contributed by atoms with Gasteiger partial charge in [0.1, 0.15) is 23.7 Å². The van der Waals surface area contributed by atoms with Gasteiger partial charge in [0, 0.05) is 18.7 Å². The van der Waals surface area contributed by atoms with Crippen LogP contribution in [0.25, 0.3) is 0 Å². The maximum atomic E-state index is 15.0. The summed E-state index contributed by atoms with van der Waals surface area (Å²) in [5, 5.41) is 13.6. The lowest BCUT2D eigenvalue weighted by Gasteiger charge is -2.40. The minimum absolute atomic E-state index is 0.178. The molecule has 10 nitrogen and oxygen atoms in total.